The third-order valence-electron chi connectivity index (χ3n) is 5.74. The Labute approximate surface area is 196 Å². The van der Waals surface area contributed by atoms with Crippen LogP contribution in [-0.2, 0) is 6.18 Å². The second kappa shape index (κ2) is 8.53. The van der Waals surface area contributed by atoms with E-state index in [1.54, 1.807) is 4.90 Å². The van der Waals surface area contributed by atoms with E-state index < -0.39 is 34.9 Å². The SMILES string of the molecule is O=C1Nc2cc(F)ccc2Oc2nnc(N3CCN(C(=O)c4ccccc4C(F)(F)F)CC3)cc21. The van der Waals surface area contributed by atoms with Crippen molar-refractivity contribution in [1.29, 1.82) is 0 Å². The summed E-state index contributed by atoms with van der Waals surface area (Å²) >= 11 is 0. The molecule has 2 aliphatic rings. The lowest BCUT2D eigenvalue weighted by Crippen LogP contribution is -2.49. The molecule has 8 nitrogen and oxygen atoms in total. The number of aromatic nitrogens is 2. The first-order chi connectivity index (χ1) is 16.7. The fourth-order valence-corrected chi connectivity index (χ4v) is 3.97. The first-order valence-corrected chi connectivity index (χ1v) is 10.6. The molecule has 0 aliphatic carbocycles. The molecule has 5 rings (SSSR count). The minimum absolute atomic E-state index is 0.0471. The first-order valence-electron chi connectivity index (χ1n) is 10.6. The summed E-state index contributed by atoms with van der Waals surface area (Å²) in [5.74, 6) is -1.31. The molecule has 0 radical (unpaired) electrons. The minimum atomic E-state index is -4.64. The highest BCUT2D eigenvalue weighted by Crippen LogP contribution is 2.36. The van der Waals surface area contributed by atoms with Crippen LogP contribution in [0.15, 0.2) is 48.5 Å². The first kappa shape index (κ1) is 22.6. The summed E-state index contributed by atoms with van der Waals surface area (Å²) in [6.07, 6.45) is -4.64. The molecule has 0 atom stereocenters. The third kappa shape index (κ3) is 4.34. The maximum atomic E-state index is 13.5. The summed E-state index contributed by atoms with van der Waals surface area (Å²) in [5.41, 5.74) is -1.14. The van der Waals surface area contributed by atoms with Gasteiger partial charge in [0.15, 0.2) is 11.6 Å². The van der Waals surface area contributed by atoms with Crippen molar-refractivity contribution < 1.29 is 31.9 Å². The number of halogens is 4. The number of rotatable bonds is 2. The van der Waals surface area contributed by atoms with Crippen LogP contribution in [0.2, 0.25) is 0 Å². The number of carbonyl (C=O) groups is 2. The van der Waals surface area contributed by atoms with E-state index in [0.717, 1.165) is 18.2 Å². The van der Waals surface area contributed by atoms with Gasteiger partial charge in [0.2, 0.25) is 0 Å². The molecular formula is C23H17F4N5O3. The Morgan fingerprint density at radius 2 is 1.74 bits per heavy atom. The third-order valence-corrected chi connectivity index (χ3v) is 5.74. The number of carbonyl (C=O) groups excluding carboxylic acids is 2. The van der Waals surface area contributed by atoms with Crippen LogP contribution in [0.5, 0.6) is 11.6 Å². The van der Waals surface area contributed by atoms with E-state index in [-0.39, 0.29) is 49.1 Å². The van der Waals surface area contributed by atoms with Crippen molar-refractivity contribution in [3.63, 3.8) is 0 Å². The number of alkyl halides is 3. The van der Waals surface area contributed by atoms with Gasteiger partial charge in [-0.15, -0.1) is 10.2 Å². The Kier molecular flexibility index (Phi) is 5.50. The van der Waals surface area contributed by atoms with Crippen LogP contribution in [0, 0.1) is 5.82 Å². The summed E-state index contributed by atoms with van der Waals surface area (Å²) in [6, 6.07) is 9.82. The molecule has 1 N–H and O–H groups in total. The maximum absolute atomic E-state index is 13.5. The number of nitrogens with zero attached hydrogens (tertiary/aromatic N) is 4. The second-order valence-corrected chi connectivity index (χ2v) is 7.94. The van der Waals surface area contributed by atoms with Crippen LogP contribution in [0.25, 0.3) is 0 Å². The Morgan fingerprint density at radius 3 is 2.49 bits per heavy atom. The highest BCUT2D eigenvalue weighted by atomic mass is 19.4. The number of fused-ring (bicyclic) bond motifs is 2. The predicted molar refractivity (Wildman–Crippen MR) is 116 cm³/mol. The van der Waals surface area contributed by atoms with E-state index in [2.05, 4.69) is 15.5 Å². The molecule has 1 aromatic heterocycles. The zero-order chi connectivity index (χ0) is 24.7. The normalized spacial score (nSPS) is 15.5. The standard InChI is InChI=1S/C23H17F4N5O3/c24-13-5-6-18-17(11-13)28-20(33)15-12-19(29-30-21(15)35-18)31-7-9-32(10-8-31)22(34)14-3-1-2-4-16(14)23(25,26)27/h1-6,11-12H,7-10H2,(H,28,33). The molecule has 2 amide bonds. The van der Waals surface area contributed by atoms with E-state index in [1.807, 2.05) is 0 Å². The number of hydrogen-bond acceptors (Lipinski definition) is 6. The molecule has 2 aliphatic heterocycles. The van der Waals surface area contributed by atoms with E-state index in [1.165, 1.54) is 35.2 Å². The molecule has 35 heavy (non-hydrogen) atoms. The van der Waals surface area contributed by atoms with Crippen LogP contribution in [-0.4, -0.2) is 53.1 Å². The summed E-state index contributed by atoms with van der Waals surface area (Å²) in [4.78, 5) is 28.6. The zero-order valence-corrected chi connectivity index (χ0v) is 18.0. The van der Waals surface area contributed by atoms with Gasteiger partial charge in [-0.2, -0.15) is 13.2 Å². The van der Waals surface area contributed by atoms with Gasteiger partial charge >= 0.3 is 6.18 Å². The van der Waals surface area contributed by atoms with Crippen LogP contribution < -0.4 is 15.0 Å². The maximum Gasteiger partial charge on any atom is 0.417 e. The molecule has 0 bridgehead atoms. The van der Waals surface area contributed by atoms with Crippen LogP contribution in [0.3, 0.4) is 0 Å². The fraction of sp³-hybridized carbons (Fsp3) is 0.217. The van der Waals surface area contributed by atoms with E-state index in [0.29, 0.717) is 5.82 Å². The highest BCUT2D eigenvalue weighted by Gasteiger charge is 2.36. The molecule has 1 fully saturated rings. The summed E-state index contributed by atoms with van der Waals surface area (Å²) in [5, 5.41) is 10.7. The quantitative estimate of drug-likeness (QED) is 0.551. The smallest absolute Gasteiger partial charge is 0.417 e. The van der Waals surface area contributed by atoms with Crippen molar-refractivity contribution in [2.75, 3.05) is 36.4 Å². The Hall–Kier alpha value is -4.22. The van der Waals surface area contributed by atoms with E-state index in [4.69, 9.17) is 4.74 Å². The van der Waals surface area contributed by atoms with Crippen LogP contribution >= 0.6 is 0 Å². The lowest BCUT2D eigenvalue weighted by atomic mass is 10.1. The van der Waals surface area contributed by atoms with Crippen LogP contribution in [0.4, 0.5) is 29.1 Å². The van der Waals surface area contributed by atoms with Gasteiger partial charge in [-0.1, -0.05) is 12.1 Å². The van der Waals surface area contributed by atoms with Gasteiger partial charge in [0.1, 0.15) is 11.4 Å². The molecule has 0 spiro atoms. The largest absolute Gasteiger partial charge is 0.435 e. The van der Waals surface area contributed by atoms with Gasteiger partial charge in [-0.05, 0) is 24.3 Å². The molecule has 0 unspecified atom stereocenters. The van der Waals surface area contributed by atoms with E-state index in [9.17, 15) is 27.2 Å². The number of piperazine rings is 1. The van der Waals surface area contributed by atoms with Gasteiger partial charge in [0.25, 0.3) is 17.7 Å². The van der Waals surface area contributed by atoms with Gasteiger partial charge in [-0.3, -0.25) is 9.59 Å². The Balaban J connectivity index is 1.31. The molecule has 0 saturated carbocycles. The van der Waals surface area contributed by atoms with Crippen LogP contribution in [0.1, 0.15) is 26.3 Å². The highest BCUT2D eigenvalue weighted by molar-refractivity contribution is 6.08. The average Bonchev–Trinajstić information content (AvgIpc) is 2.98. The van der Waals surface area contributed by atoms with E-state index >= 15 is 0 Å². The van der Waals surface area contributed by atoms with Crippen molar-refractivity contribution in [3.05, 3.63) is 71.0 Å². The number of hydrogen-bond donors (Lipinski definition) is 1. The van der Waals surface area contributed by atoms with Crippen molar-refractivity contribution in [3.8, 4) is 11.6 Å². The molecule has 2 aromatic carbocycles. The fourth-order valence-electron chi connectivity index (χ4n) is 3.97. The summed E-state index contributed by atoms with van der Waals surface area (Å²) in [7, 11) is 0. The van der Waals surface area contributed by atoms with Gasteiger partial charge in [0.05, 0.1) is 16.8 Å². The number of anilines is 2. The number of ether oxygens (including phenoxy) is 1. The number of benzene rings is 2. The van der Waals surface area contributed by atoms with Crippen molar-refractivity contribution >= 4 is 23.3 Å². The molecule has 180 valence electrons. The predicted octanol–water partition coefficient (Wildman–Crippen LogP) is 3.95. The van der Waals surface area contributed by atoms with Crippen molar-refractivity contribution in [2.45, 2.75) is 6.18 Å². The zero-order valence-electron chi connectivity index (χ0n) is 18.0. The second-order valence-electron chi connectivity index (χ2n) is 7.94. The summed E-state index contributed by atoms with van der Waals surface area (Å²) in [6.45, 7) is 0.830. The van der Waals surface area contributed by atoms with Gasteiger partial charge < -0.3 is 19.9 Å². The minimum Gasteiger partial charge on any atom is -0.435 e. The number of amides is 2. The van der Waals surface area contributed by atoms with Gasteiger partial charge in [0, 0.05) is 38.3 Å². The number of nitrogens with one attached hydrogen (secondary N) is 1. The molecule has 3 heterocycles. The lowest BCUT2D eigenvalue weighted by Gasteiger charge is -2.35. The Bertz CT molecular complexity index is 1320. The Morgan fingerprint density at radius 1 is 1.00 bits per heavy atom. The van der Waals surface area contributed by atoms with Gasteiger partial charge in [-0.25, -0.2) is 4.39 Å². The average molecular weight is 487 g/mol. The molecular weight excluding hydrogens is 470 g/mol. The lowest BCUT2D eigenvalue weighted by molar-refractivity contribution is -0.138. The van der Waals surface area contributed by atoms with Crippen molar-refractivity contribution in [1.82, 2.24) is 15.1 Å². The molecule has 1 saturated heterocycles. The van der Waals surface area contributed by atoms with Crippen molar-refractivity contribution in [2.24, 2.45) is 0 Å². The monoisotopic (exact) mass is 487 g/mol. The summed E-state index contributed by atoms with van der Waals surface area (Å²) < 4.78 is 59.1. The molecule has 12 heteroatoms. The molecule has 3 aromatic rings. The topological polar surface area (TPSA) is 87.7 Å².